The molecule has 2 N–H and O–H groups in total. The zero-order chi connectivity index (χ0) is 15.6. The monoisotopic (exact) mass is 292 g/mol. The summed E-state index contributed by atoms with van der Waals surface area (Å²) < 4.78 is 26.8. The number of rotatable bonds is 4. The predicted molar refractivity (Wildman–Crippen MR) is 74.0 cm³/mol. The van der Waals surface area contributed by atoms with Gasteiger partial charge in [0, 0.05) is 11.6 Å². The first kappa shape index (κ1) is 15.1. The Hall–Kier alpha value is -2.27. The van der Waals surface area contributed by atoms with E-state index in [4.69, 9.17) is 5.11 Å². The predicted octanol–water partition coefficient (Wildman–Crippen LogP) is 3.77. The van der Waals surface area contributed by atoms with E-state index in [0.717, 1.165) is 12.1 Å². The number of benzene rings is 2. The third-order valence-electron chi connectivity index (χ3n) is 3.22. The third-order valence-corrected chi connectivity index (χ3v) is 3.22. The molecule has 1 atom stereocenters. The molecule has 5 heteroatoms. The molecule has 0 saturated heterocycles. The highest BCUT2D eigenvalue weighted by molar-refractivity contribution is 5.90. The van der Waals surface area contributed by atoms with Crippen molar-refractivity contribution < 1.29 is 23.8 Å². The van der Waals surface area contributed by atoms with Gasteiger partial charge in [0.2, 0.25) is 0 Å². The van der Waals surface area contributed by atoms with E-state index in [9.17, 15) is 18.7 Å². The Bertz CT molecular complexity index is 683. The van der Waals surface area contributed by atoms with E-state index in [-0.39, 0.29) is 16.7 Å². The second-order valence-corrected chi connectivity index (χ2v) is 4.70. The smallest absolute Gasteiger partial charge is 0.335 e. The van der Waals surface area contributed by atoms with Crippen molar-refractivity contribution in [2.45, 2.75) is 19.4 Å². The minimum absolute atomic E-state index is 0.0567. The standard InChI is InChI=1S/C16H14F2O3/c1-2-15(19)10-5-9(6-11(7-10)16(20)21)13-4-3-12(17)8-14(13)18/h3-8,15,19H,2H2,1H3,(H,20,21). The van der Waals surface area contributed by atoms with Gasteiger partial charge >= 0.3 is 5.97 Å². The summed E-state index contributed by atoms with van der Waals surface area (Å²) in [6.07, 6.45) is -0.444. The van der Waals surface area contributed by atoms with Crippen molar-refractivity contribution in [1.82, 2.24) is 0 Å². The highest BCUT2D eigenvalue weighted by Gasteiger charge is 2.15. The number of carboxylic acid groups (broad SMARTS) is 1. The number of carboxylic acids is 1. The average molecular weight is 292 g/mol. The highest BCUT2D eigenvalue weighted by atomic mass is 19.1. The zero-order valence-corrected chi connectivity index (χ0v) is 11.3. The maximum absolute atomic E-state index is 13.8. The zero-order valence-electron chi connectivity index (χ0n) is 11.3. The van der Waals surface area contributed by atoms with E-state index in [1.165, 1.54) is 24.3 Å². The lowest BCUT2D eigenvalue weighted by molar-refractivity contribution is 0.0696. The Morgan fingerprint density at radius 2 is 1.90 bits per heavy atom. The topological polar surface area (TPSA) is 57.5 Å². The van der Waals surface area contributed by atoms with E-state index >= 15 is 0 Å². The molecule has 110 valence electrons. The first-order valence-electron chi connectivity index (χ1n) is 6.44. The maximum Gasteiger partial charge on any atom is 0.335 e. The molecule has 2 aromatic carbocycles. The molecule has 0 amide bonds. The summed E-state index contributed by atoms with van der Waals surface area (Å²) in [5, 5.41) is 19.0. The Morgan fingerprint density at radius 1 is 1.19 bits per heavy atom. The van der Waals surface area contributed by atoms with Crippen molar-refractivity contribution in [1.29, 1.82) is 0 Å². The van der Waals surface area contributed by atoms with E-state index in [2.05, 4.69) is 0 Å². The van der Waals surface area contributed by atoms with Crippen molar-refractivity contribution in [3.05, 3.63) is 59.2 Å². The molecule has 0 bridgehead atoms. The van der Waals surface area contributed by atoms with Crippen molar-refractivity contribution in [2.24, 2.45) is 0 Å². The fraction of sp³-hybridized carbons (Fsp3) is 0.188. The molecule has 0 aromatic heterocycles. The average Bonchev–Trinajstić information content (AvgIpc) is 2.45. The van der Waals surface area contributed by atoms with Crippen LogP contribution in [-0.2, 0) is 0 Å². The molecular weight excluding hydrogens is 278 g/mol. The fourth-order valence-electron chi connectivity index (χ4n) is 2.08. The summed E-state index contributed by atoms with van der Waals surface area (Å²) in [7, 11) is 0. The van der Waals surface area contributed by atoms with Crippen LogP contribution < -0.4 is 0 Å². The lowest BCUT2D eigenvalue weighted by Gasteiger charge is -2.12. The molecule has 0 spiro atoms. The van der Waals surface area contributed by atoms with Crippen LogP contribution in [0.25, 0.3) is 11.1 Å². The van der Waals surface area contributed by atoms with Crippen LogP contribution in [0, 0.1) is 11.6 Å². The first-order valence-corrected chi connectivity index (χ1v) is 6.44. The molecule has 21 heavy (non-hydrogen) atoms. The van der Waals surface area contributed by atoms with Crippen LogP contribution in [0.1, 0.15) is 35.4 Å². The van der Waals surface area contributed by atoms with Gasteiger partial charge in [0.25, 0.3) is 0 Å². The molecule has 1 unspecified atom stereocenters. The molecule has 0 heterocycles. The summed E-state index contributed by atoms with van der Waals surface area (Å²) in [6.45, 7) is 1.75. The Balaban J connectivity index is 2.61. The van der Waals surface area contributed by atoms with Crippen LogP contribution in [0.4, 0.5) is 8.78 Å². The van der Waals surface area contributed by atoms with Crippen molar-refractivity contribution in [3.63, 3.8) is 0 Å². The van der Waals surface area contributed by atoms with Crippen molar-refractivity contribution in [3.8, 4) is 11.1 Å². The minimum atomic E-state index is -1.18. The fourth-order valence-corrected chi connectivity index (χ4v) is 2.08. The normalized spacial score (nSPS) is 12.2. The maximum atomic E-state index is 13.8. The van der Waals surface area contributed by atoms with E-state index in [1.807, 2.05) is 0 Å². The number of hydrogen-bond acceptors (Lipinski definition) is 2. The Kier molecular flexibility index (Phi) is 4.33. The van der Waals surface area contributed by atoms with Gasteiger partial charge in [-0.1, -0.05) is 6.92 Å². The molecule has 0 aliphatic rings. The van der Waals surface area contributed by atoms with Crippen LogP contribution in [0.15, 0.2) is 36.4 Å². The van der Waals surface area contributed by atoms with Gasteiger partial charge in [0.05, 0.1) is 11.7 Å². The van der Waals surface area contributed by atoms with Gasteiger partial charge in [-0.15, -0.1) is 0 Å². The molecule has 0 fully saturated rings. The third kappa shape index (κ3) is 3.25. The van der Waals surface area contributed by atoms with Crippen molar-refractivity contribution >= 4 is 5.97 Å². The number of hydrogen-bond donors (Lipinski definition) is 2. The van der Waals surface area contributed by atoms with Gasteiger partial charge in [-0.2, -0.15) is 0 Å². The lowest BCUT2D eigenvalue weighted by atomic mass is 9.96. The van der Waals surface area contributed by atoms with E-state index < -0.39 is 23.7 Å². The quantitative estimate of drug-likeness (QED) is 0.901. The largest absolute Gasteiger partial charge is 0.478 e. The van der Waals surface area contributed by atoms with Gasteiger partial charge in [0.15, 0.2) is 0 Å². The van der Waals surface area contributed by atoms with Gasteiger partial charge in [-0.05, 0) is 47.9 Å². The minimum Gasteiger partial charge on any atom is -0.478 e. The summed E-state index contributed by atoms with van der Waals surface area (Å²) in [4.78, 5) is 11.2. The van der Waals surface area contributed by atoms with Crippen LogP contribution in [-0.4, -0.2) is 16.2 Å². The van der Waals surface area contributed by atoms with Gasteiger partial charge in [-0.25, -0.2) is 13.6 Å². The Labute approximate surface area is 120 Å². The van der Waals surface area contributed by atoms with Gasteiger partial charge in [0.1, 0.15) is 11.6 Å². The Morgan fingerprint density at radius 3 is 2.48 bits per heavy atom. The molecule has 0 radical (unpaired) electrons. The molecule has 2 rings (SSSR count). The summed E-state index contributed by atoms with van der Waals surface area (Å²) in [5.41, 5.74) is 0.703. The molecule has 0 aliphatic carbocycles. The van der Waals surface area contributed by atoms with Crippen LogP contribution in [0.5, 0.6) is 0 Å². The summed E-state index contributed by atoms with van der Waals surface area (Å²) in [5.74, 6) is -2.67. The van der Waals surface area contributed by atoms with E-state index in [0.29, 0.717) is 12.0 Å². The second-order valence-electron chi connectivity index (χ2n) is 4.70. The van der Waals surface area contributed by atoms with Crippen molar-refractivity contribution in [2.75, 3.05) is 0 Å². The van der Waals surface area contributed by atoms with Gasteiger partial charge < -0.3 is 10.2 Å². The van der Waals surface area contributed by atoms with Crippen LogP contribution >= 0.6 is 0 Å². The molecule has 0 saturated carbocycles. The van der Waals surface area contributed by atoms with Crippen LogP contribution in [0.2, 0.25) is 0 Å². The molecule has 2 aromatic rings. The molecular formula is C16H14F2O3. The summed E-state index contributed by atoms with van der Waals surface area (Å²) in [6, 6.07) is 7.23. The highest BCUT2D eigenvalue weighted by Crippen LogP contribution is 2.29. The number of aliphatic hydroxyl groups excluding tert-OH is 1. The van der Waals surface area contributed by atoms with Gasteiger partial charge in [-0.3, -0.25) is 0 Å². The first-order chi connectivity index (χ1) is 9.92. The van der Waals surface area contributed by atoms with E-state index in [1.54, 1.807) is 6.92 Å². The summed E-state index contributed by atoms with van der Waals surface area (Å²) >= 11 is 0. The van der Waals surface area contributed by atoms with Crippen LogP contribution in [0.3, 0.4) is 0 Å². The lowest BCUT2D eigenvalue weighted by Crippen LogP contribution is -2.02. The number of aliphatic hydroxyl groups is 1. The number of aromatic carboxylic acids is 1. The second kappa shape index (κ2) is 6.01. The SMILES string of the molecule is CCC(O)c1cc(C(=O)O)cc(-c2ccc(F)cc2F)c1. The molecule has 3 nitrogen and oxygen atoms in total. The molecule has 0 aliphatic heterocycles. The number of carbonyl (C=O) groups is 1. The number of halogens is 2.